The molecule has 1 aromatic carbocycles. The minimum Gasteiger partial charge on any atom is -0.496 e. The number of methoxy groups -OCH3 is 1. The number of carbonyl (C=O) groups is 1. The highest BCUT2D eigenvalue weighted by Gasteiger charge is 2.41. The zero-order chi connectivity index (χ0) is 16.3. The Balaban J connectivity index is 1.93. The summed E-state index contributed by atoms with van der Waals surface area (Å²) in [6.07, 6.45) is 7.14. The average Bonchev–Trinajstić information content (AvgIpc) is 3.08. The molecule has 1 aromatic rings. The van der Waals surface area contributed by atoms with Gasteiger partial charge in [-0.15, -0.1) is 0 Å². The van der Waals surface area contributed by atoms with E-state index in [1.807, 2.05) is 12.1 Å². The molecule has 1 N–H and O–H groups in total. The van der Waals surface area contributed by atoms with E-state index in [9.17, 15) is 9.90 Å². The van der Waals surface area contributed by atoms with Gasteiger partial charge in [-0.05, 0) is 56.5 Å². The third kappa shape index (κ3) is 3.23. The summed E-state index contributed by atoms with van der Waals surface area (Å²) in [7, 11) is 1.69. The first-order valence-corrected chi connectivity index (χ1v) is 8.79. The highest BCUT2D eigenvalue weighted by molar-refractivity contribution is 5.81. The number of carboxylic acid groups (broad SMARTS) is 1. The second-order valence-corrected chi connectivity index (χ2v) is 6.96. The zero-order valence-corrected chi connectivity index (χ0v) is 14.0. The topological polar surface area (TPSA) is 49.8 Å². The van der Waals surface area contributed by atoms with Gasteiger partial charge in [0.1, 0.15) is 5.75 Å². The summed E-state index contributed by atoms with van der Waals surface area (Å²) in [4.78, 5) is 14.5. The second-order valence-electron chi connectivity index (χ2n) is 6.96. The van der Waals surface area contributed by atoms with Crippen LogP contribution in [0.2, 0.25) is 0 Å². The summed E-state index contributed by atoms with van der Waals surface area (Å²) in [6.45, 7) is 3.10. The number of rotatable bonds is 5. The molecule has 1 heterocycles. The van der Waals surface area contributed by atoms with E-state index in [1.54, 1.807) is 7.11 Å². The van der Waals surface area contributed by atoms with Gasteiger partial charge in [-0.1, -0.05) is 25.3 Å². The van der Waals surface area contributed by atoms with E-state index in [2.05, 4.69) is 11.0 Å². The van der Waals surface area contributed by atoms with Crippen molar-refractivity contribution >= 4 is 5.97 Å². The molecular weight excluding hydrogens is 290 g/mol. The lowest BCUT2D eigenvalue weighted by atomic mass is 9.69. The van der Waals surface area contributed by atoms with Crippen molar-refractivity contribution in [2.45, 2.75) is 56.9 Å². The predicted molar refractivity (Wildman–Crippen MR) is 89.9 cm³/mol. The maximum Gasteiger partial charge on any atom is 0.314 e. The summed E-state index contributed by atoms with van der Waals surface area (Å²) in [5.41, 5.74) is 1.38. The lowest BCUT2D eigenvalue weighted by Crippen LogP contribution is -2.38. The Morgan fingerprint density at radius 1 is 1.17 bits per heavy atom. The van der Waals surface area contributed by atoms with Gasteiger partial charge < -0.3 is 9.84 Å². The quantitative estimate of drug-likeness (QED) is 0.902. The van der Waals surface area contributed by atoms with Crippen LogP contribution in [0.5, 0.6) is 5.75 Å². The SMILES string of the molecule is COc1ccc(C2(C(=O)O)CCCCC2)cc1CN1CCCC1. The number of hydrogen-bond acceptors (Lipinski definition) is 3. The van der Waals surface area contributed by atoms with Crippen molar-refractivity contribution in [2.24, 2.45) is 0 Å². The lowest BCUT2D eigenvalue weighted by molar-refractivity contribution is -0.145. The van der Waals surface area contributed by atoms with Crippen LogP contribution in [0.3, 0.4) is 0 Å². The van der Waals surface area contributed by atoms with Crippen LogP contribution < -0.4 is 4.74 Å². The Morgan fingerprint density at radius 2 is 1.87 bits per heavy atom. The Labute approximate surface area is 138 Å². The Kier molecular flexibility index (Phi) is 4.90. The normalized spacial score (nSPS) is 21.3. The summed E-state index contributed by atoms with van der Waals surface area (Å²) in [6, 6.07) is 6.02. The van der Waals surface area contributed by atoms with E-state index in [0.29, 0.717) is 0 Å². The standard InChI is InChI=1S/C19H27NO3/c1-23-17-8-7-16(13-15(17)14-20-11-5-6-12-20)19(18(21)22)9-3-2-4-10-19/h7-8,13H,2-6,9-12,14H2,1H3,(H,21,22). The van der Waals surface area contributed by atoms with Crippen LogP contribution in [-0.4, -0.2) is 36.2 Å². The Morgan fingerprint density at radius 3 is 2.48 bits per heavy atom. The Hall–Kier alpha value is -1.55. The van der Waals surface area contributed by atoms with Crippen molar-refractivity contribution in [1.29, 1.82) is 0 Å². The molecule has 2 aliphatic rings. The minimum atomic E-state index is -0.704. The van der Waals surface area contributed by atoms with Gasteiger partial charge in [0.15, 0.2) is 0 Å². The number of hydrogen-bond donors (Lipinski definition) is 1. The maximum absolute atomic E-state index is 12.0. The molecule has 0 bridgehead atoms. The van der Waals surface area contributed by atoms with Crippen LogP contribution in [0.1, 0.15) is 56.1 Å². The highest BCUT2D eigenvalue weighted by Crippen LogP contribution is 2.41. The fourth-order valence-electron chi connectivity index (χ4n) is 4.16. The number of benzene rings is 1. The van der Waals surface area contributed by atoms with Gasteiger partial charge in [0.2, 0.25) is 0 Å². The molecule has 0 amide bonds. The molecule has 1 aliphatic heterocycles. The van der Waals surface area contributed by atoms with Crippen LogP contribution in [-0.2, 0) is 16.8 Å². The molecule has 126 valence electrons. The van der Waals surface area contributed by atoms with Gasteiger partial charge in [0.25, 0.3) is 0 Å². The second kappa shape index (κ2) is 6.91. The van der Waals surface area contributed by atoms with Crippen LogP contribution in [0.4, 0.5) is 0 Å². The molecule has 4 heteroatoms. The van der Waals surface area contributed by atoms with Gasteiger partial charge in [0.05, 0.1) is 12.5 Å². The predicted octanol–water partition coefficient (Wildman–Crippen LogP) is 3.58. The van der Waals surface area contributed by atoms with Crippen molar-refractivity contribution in [3.05, 3.63) is 29.3 Å². The van der Waals surface area contributed by atoms with E-state index in [0.717, 1.165) is 68.6 Å². The van der Waals surface area contributed by atoms with E-state index in [1.165, 1.54) is 12.8 Å². The zero-order valence-electron chi connectivity index (χ0n) is 14.0. The minimum absolute atomic E-state index is 0.672. The third-order valence-electron chi connectivity index (χ3n) is 5.54. The first-order valence-electron chi connectivity index (χ1n) is 8.79. The lowest BCUT2D eigenvalue weighted by Gasteiger charge is -2.34. The van der Waals surface area contributed by atoms with E-state index in [4.69, 9.17) is 4.74 Å². The number of nitrogens with zero attached hydrogens (tertiary/aromatic N) is 1. The molecular formula is C19H27NO3. The fourth-order valence-corrected chi connectivity index (χ4v) is 4.16. The van der Waals surface area contributed by atoms with E-state index < -0.39 is 11.4 Å². The van der Waals surface area contributed by atoms with Crippen molar-refractivity contribution in [3.8, 4) is 5.75 Å². The summed E-state index contributed by atoms with van der Waals surface area (Å²) < 4.78 is 5.52. The number of likely N-dealkylation sites (tertiary alicyclic amines) is 1. The van der Waals surface area contributed by atoms with Crippen molar-refractivity contribution < 1.29 is 14.6 Å². The molecule has 0 spiro atoms. The maximum atomic E-state index is 12.0. The largest absolute Gasteiger partial charge is 0.496 e. The summed E-state index contributed by atoms with van der Waals surface area (Å²) in [5, 5.41) is 9.90. The molecule has 1 saturated carbocycles. The molecule has 0 unspecified atom stereocenters. The summed E-state index contributed by atoms with van der Waals surface area (Å²) in [5.74, 6) is 0.200. The monoisotopic (exact) mass is 317 g/mol. The van der Waals surface area contributed by atoms with Gasteiger partial charge in [-0.3, -0.25) is 9.69 Å². The van der Waals surface area contributed by atoms with Crippen molar-refractivity contribution in [1.82, 2.24) is 4.90 Å². The molecule has 1 aliphatic carbocycles. The van der Waals surface area contributed by atoms with Gasteiger partial charge in [0, 0.05) is 12.1 Å². The molecule has 1 saturated heterocycles. The van der Waals surface area contributed by atoms with E-state index >= 15 is 0 Å². The number of aliphatic carboxylic acids is 1. The van der Waals surface area contributed by atoms with Crippen LogP contribution in [0.25, 0.3) is 0 Å². The number of ether oxygens (including phenoxy) is 1. The highest BCUT2D eigenvalue weighted by atomic mass is 16.5. The third-order valence-corrected chi connectivity index (χ3v) is 5.54. The van der Waals surface area contributed by atoms with Crippen LogP contribution in [0.15, 0.2) is 18.2 Å². The summed E-state index contributed by atoms with van der Waals surface area (Å²) >= 11 is 0. The van der Waals surface area contributed by atoms with Gasteiger partial charge >= 0.3 is 5.97 Å². The molecule has 4 nitrogen and oxygen atoms in total. The van der Waals surface area contributed by atoms with Gasteiger partial charge in [-0.25, -0.2) is 0 Å². The van der Waals surface area contributed by atoms with Crippen molar-refractivity contribution in [2.75, 3.05) is 20.2 Å². The van der Waals surface area contributed by atoms with Crippen LogP contribution >= 0.6 is 0 Å². The van der Waals surface area contributed by atoms with E-state index in [-0.39, 0.29) is 0 Å². The molecule has 2 fully saturated rings. The first-order chi connectivity index (χ1) is 11.2. The first kappa shape index (κ1) is 16.3. The average molecular weight is 317 g/mol. The fraction of sp³-hybridized carbons (Fsp3) is 0.632. The Bertz CT molecular complexity index is 558. The van der Waals surface area contributed by atoms with Gasteiger partial charge in [-0.2, -0.15) is 0 Å². The molecule has 0 radical (unpaired) electrons. The smallest absolute Gasteiger partial charge is 0.314 e. The molecule has 0 atom stereocenters. The number of carboxylic acids is 1. The van der Waals surface area contributed by atoms with Crippen LogP contribution in [0, 0.1) is 0 Å². The molecule has 3 rings (SSSR count). The molecule has 23 heavy (non-hydrogen) atoms. The van der Waals surface area contributed by atoms with Crippen molar-refractivity contribution in [3.63, 3.8) is 0 Å². The molecule has 0 aromatic heterocycles.